The van der Waals surface area contributed by atoms with E-state index in [9.17, 15) is 14.4 Å². The molecule has 2 heterocycles. The number of carbonyl (C=O) groups excluding carboxylic acids is 3. The van der Waals surface area contributed by atoms with E-state index in [2.05, 4.69) is 20.4 Å². The normalized spacial score (nSPS) is 16.5. The van der Waals surface area contributed by atoms with E-state index >= 15 is 0 Å². The van der Waals surface area contributed by atoms with E-state index in [1.54, 1.807) is 48.5 Å². The van der Waals surface area contributed by atoms with E-state index in [4.69, 9.17) is 4.74 Å². The van der Waals surface area contributed by atoms with Gasteiger partial charge in [-0.1, -0.05) is 12.1 Å². The van der Waals surface area contributed by atoms with Crippen molar-refractivity contribution in [3.8, 4) is 5.75 Å². The van der Waals surface area contributed by atoms with Gasteiger partial charge in [-0.05, 0) is 56.2 Å². The number of hydrogen-bond donors (Lipinski definition) is 2. The fraction of sp³-hybridized carbons (Fsp3) is 0.444. The number of nitrogens with zero attached hydrogens (tertiary/aromatic N) is 3. The summed E-state index contributed by atoms with van der Waals surface area (Å²) in [6.45, 7) is 7.90. The zero-order valence-electron chi connectivity index (χ0n) is 20.9. The molecule has 9 nitrogen and oxygen atoms in total. The molecule has 0 bridgehead atoms. The first-order valence-electron chi connectivity index (χ1n) is 12.7. The van der Waals surface area contributed by atoms with Crippen LogP contribution >= 0.6 is 0 Å². The molecule has 192 valence electrons. The van der Waals surface area contributed by atoms with Crippen LogP contribution in [0, 0.1) is 0 Å². The van der Waals surface area contributed by atoms with E-state index in [1.165, 1.54) is 0 Å². The lowest BCUT2D eigenvalue weighted by atomic mass is 10.1. The fourth-order valence-electron chi connectivity index (χ4n) is 4.55. The Labute approximate surface area is 212 Å². The number of nitrogens with one attached hydrogen (secondary N) is 2. The highest BCUT2D eigenvalue weighted by atomic mass is 16.5. The molecule has 0 radical (unpaired) electrons. The Morgan fingerprint density at radius 1 is 0.806 bits per heavy atom. The number of amides is 3. The summed E-state index contributed by atoms with van der Waals surface area (Å²) in [5, 5.41) is 5.77. The molecule has 2 aromatic rings. The van der Waals surface area contributed by atoms with Gasteiger partial charge >= 0.3 is 0 Å². The van der Waals surface area contributed by atoms with Crippen LogP contribution in [0.2, 0.25) is 0 Å². The summed E-state index contributed by atoms with van der Waals surface area (Å²) >= 11 is 0. The summed E-state index contributed by atoms with van der Waals surface area (Å²) in [6.07, 6.45) is 2.20. The van der Waals surface area contributed by atoms with Crippen LogP contribution in [0.25, 0.3) is 0 Å². The number of piperazine rings is 1. The van der Waals surface area contributed by atoms with Crippen LogP contribution in [0.1, 0.15) is 30.1 Å². The molecular weight excluding hydrogens is 458 g/mol. The lowest BCUT2D eigenvalue weighted by molar-refractivity contribution is -0.132. The first kappa shape index (κ1) is 25.7. The van der Waals surface area contributed by atoms with E-state index in [0.29, 0.717) is 30.1 Å². The lowest BCUT2D eigenvalue weighted by Gasteiger charge is -2.34. The highest BCUT2D eigenvalue weighted by Crippen LogP contribution is 2.20. The van der Waals surface area contributed by atoms with Gasteiger partial charge in [0.15, 0.2) is 0 Å². The third-order valence-electron chi connectivity index (χ3n) is 6.52. The van der Waals surface area contributed by atoms with Gasteiger partial charge in [-0.2, -0.15) is 0 Å². The topological polar surface area (TPSA) is 94.2 Å². The first-order chi connectivity index (χ1) is 17.5. The molecular formula is C27H35N5O4. The van der Waals surface area contributed by atoms with Crippen LogP contribution in [-0.4, -0.2) is 91.4 Å². The predicted molar refractivity (Wildman–Crippen MR) is 139 cm³/mol. The van der Waals surface area contributed by atoms with Crippen molar-refractivity contribution in [2.75, 3.05) is 69.6 Å². The van der Waals surface area contributed by atoms with E-state index in [-0.39, 0.29) is 24.3 Å². The molecule has 0 aromatic heterocycles. The third kappa shape index (κ3) is 7.05. The van der Waals surface area contributed by atoms with Crippen molar-refractivity contribution >= 4 is 29.1 Å². The average Bonchev–Trinajstić information content (AvgIpc) is 3.42. The minimum Gasteiger partial charge on any atom is -0.494 e. The molecule has 4 rings (SSSR count). The molecule has 2 aliphatic rings. The zero-order chi connectivity index (χ0) is 25.3. The SMILES string of the molecule is CCOc1ccc(NC(=O)c2ccccc2NC(=O)CN2CCN(CC(=O)N3CCCC3)CC2)cc1. The quantitative estimate of drug-likeness (QED) is 0.558. The van der Waals surface area contributed by atoms with Crippen molar-refractivity contribution in [1.29, 1.82) is 0 Å². The second-order valence-electron chi connectivity index (χ2n) is 9.15. The van der Waals surface area contributed by atoms with Gasteiger partial charge in [0, 0.05) is 45.0 Å². The fourth-order valence-corrected chi connectivity index (χ4v) is 4.55. The molecule has 36 heavy (non-hydrogen) atoms. The van der Waals surface area contributed by atoms with Gasteiger partial charge in [0.05, 0.1) is 30.9 Å². The van der Waals surface area contributed by atoms with Crippen LogP contribution < -0.4 is 15.4 Å². The first-order valence-corrected chi connectivity index (χ1v) is 12.7. The van der Waals surface area contributed by atoms with Crippen LogP contribution in [0.4, 0.5) is 11.4 Å². The van der Waals surface area contributed by atoms with Crippen molar-refractivity contribution in [2.24, 2.45) is 0 Å². The van der Waals surface area contributed by atoms with Crippen molar-refractivity contribution in [3.05, 3.63) is 54.1 Å². The second kappa shape index (κ2) is 12.5. The molecule has 2 N–H and O–H groups in total. The molecule has 0 atom stereocenters. The van der Waals surface area contributed by atoms with E-state index in [1.807, 2.05) is 11.8 Å². The third-order valence-corrected chi connectivity index (χ3v) is 6.52. The number of anilines is 2. The largest absolute Gasteiger partial charge is 0.494 e. The molecule has 0 unspecified atom stereocenters. The maximum atomic E-state index is 12.9. The standard InChI is InChI=1S/C27H35N5O4/c1-2-36-22-11-9-21(10-12-22)28-27(35)23-7-3-4-8-24(23)29-25(33)19-30-15-17-31(18-16-30)20-26(34)32-13-5-6-14-32/h3-4,7-12H,2,5-6,13-20H2,1H3,(H,28,35)(H,29,33). The maximum absolute atomic E-state index is 12.9. The molecule has 9 heteroatoms. The van der Waals surface area contributed by atoms with Crippen molar-refractivity contribution in [1.82, 2.24) is 14.7 Å². The predicted octanol–water partition coefficient (Wildman–Crippen LogP) is 2.52. The van der Waals surface area contributed by atoms with Gasteiger partial charge in [0.25, 0.3) is 5.91 Å². The summed E-state index contributed by atoms with van der Waals surface area (Å²) in [4.78, 5) is 44.2. The molecule has 0 saturated carbocycles. The van der Waals surface area contributed by atoms with Gasteiger partial charge in [-0.3, -0.25) is 24.2 Å². The highest BCUT2D eigenvalue weighted by molar-refractivity contribution is 6.10. The number of ether oxygens (including phenoxy) is 1. The smallest absolute Gasteiger partial charge is 0.257 e. The van der Waals surface area contributed by atoms with Crippen LogP contribution in [0.5, 0.6) is 5.75 Å². The Hall–Kier alpha value is -3.43. The van der Waals surface area contributed by atoms with Gasteiger partial charge in [-0.25, -0.2) is 0 Å². The average molecular weight is 494 g/mol. The zero-order valence-corrected chi connectivity index (χ0v) is 20.9. The number of likely N-dealkylation sites (tertiary alicyclic amines) is 1. The number of hydrogen-bond acceptors (Lipinski definition) is 6. The summed E-state index contributed by atoms with van der Waals surface area (Å²) in [6, 6.07) is 14.1. The van der Waals surface area contributed by atoms with Crippen molar-refractivity contribution in [3.63, 3.8) is 0 Å². The Morgan fingerprint density at radius 2 is 1.44 bits per heavy atom. The monoisotopic (exact) mass is 493 g/mol. The Bertz CT molecular complexity index is 1040. The summed E-state index contributed by atoms with van der Waals surface area (Å²) in [5.41, 5.74) is 1.51. The molecule has 2 aliphatic heterocycles. The molecule has 2 saturated heterocycles. The molecule has 2 aromatic carbocycles. The van der Waals surface area contributed by atoms with Crippen molar-refractivity contribution < 1.29 is 19.1 Å². The van der Waals surface area contributed by atoms with Gasteiger partial charge in [0.2, 0.25) is 11.8 Å². The highest BCUT2D eigenvalue weighted by Gasteiger charge is 2.24. The lowest BCUT2D eigenvalue weighted by Crippen LogP contribution is -2.51. The Balaban J connectivity index is 1.26. The van der Waals surface area contributed by atoms with E-state index < -0.39 is 0 Å². The van der Waals surface area contributed by atoms with Crippen LogP contribution in [0.3, 0.4) is 0 Å². The Morgan fingerprint density at radius 3 is 2.11 bits per heavy atom. The number of carbonyl (C=O) groups is 3. The van der Waals surface area contributed by atoms with Crippen LogP contribution in [0.15, 0.2) is 48.5 Å². The molecule has 0 aliphatic carbocycles. The summed E-state index contributed by atoms with van der Waals surface area (Å²) in [7, 11) is 0. The van der Waals surface area contributed by atoms with Crippen molar-refractivity contribution in [2.45, 2.75) is 19.8 Å². The number of benzene rings is 2. The minimum atomic E-state index is -0.300. The number of rotatable bonds is 9. The summed E-state index contributed by atoms with van der Waals surface area (Å²) in [5.74, 6) is 0.477. The number of para-hydroxylation sites is 1. The summed E-state index contributed by atoms with van der Waals surface area (Å²) < 4.78 is 5.44. The van der Waals surface area contributed by atoms with E-state index in [0.717, 1.165) is 57.9 Å². The maximum Gasteiger partial charge on any atom is 0.257 e. The molecule has 3 amide bonds. The van der Waals surface area contributed by atoms with Gasteiger partial charge in [-0.15, -0.1) is 0 Å². The minimum absolute atomic E-state index is 0.169. The van der Waals surface area contributed by atoms with Crippen LogP contribution in [-0.2, 0) is 9.59 Å². The second-order valence-corrected chi connectivity index (χ2v) is 9.15. The molecule has 0 spiro atoms. The van der Waals surface area contributed by atoms with Gasteiger partial charge < -0.3 is 20.3 Å². The van der Waals surface area contributed by atoms with Gasteiger partial charge in [0.1, 0.15) is 5.75 Å². The molecule has 2 fully saturated rings. The Kier molecular flexibility index (Phi) is 8.91.